The first-order valence-electron chi connectivity index (χ1n) is 11.2. The first-order chi connectivity index (χ1) is 16.6. The van der Waals surface area contributed by atoms with E-state index in [1.54, 1.807) is 24.3 Å². The minimum absolute atomic E-state index is 0.0112. The lowest BCUT2D eigenvalue weighted by Gasteiger charge is -2.29. The minimum Gasteiger partial charge on any atom is -0.489 e. The molecule has 2 aromatic rings. The molecule has 1 amide bonds. The molecule has 0 aliphatic carbocycles. The predicted octanol–water partition coefficient (Wildman–Crippen LogP) is 3.12. The van der Waals surface area contributed by atoms with E-state index in [0.717, 1.165) is 37.8 Å². The molecular weight excluding hydrogens is 496 g/mol. The Labute approximate surface area is 211 Å². The van der Waals surface area contributed by atoms with E-state index in [1.807, 2.05) is 18.2 Å². The van der Waals surface area contributed by atoms with E-state index in [9.17, 15) is 18.3 Å². The molecule has 0 aromatic heterocycles. The molecule has 1 heterocycles. The number of benzene rings is 2. The third kappa shape index (κ3) is 8.97. The number of amides is 1. The molecule has 2 atom stereocenters. The Morgan fingerprint density at radius 2 is 1.89 bits per heavy atom. The van der Waals surface area contributed by atoms with Crippen LogP contribution in [0.15, 0.2) is 48.5 Å². The summed E-state index contributed by atoms with van der Waals surface area (Å²) >= 11 is 6.41. The van der Waals surface area contributed by atoms with Crippen LogP contribution >= 0.6 is 11.6 Å². The number of halogens is 1. The van der Waals surface area contributed by atoms with Gasteiger partial charge in [-0.1, -0.05) is 48.0 Å². The van der Waals surface area contributed by atoms with Crippen LogP contribution in [0.3, 0.4) is 0 Å². The van der Waals surface area contributed by atoms with Crippen molar-refractivity contribution in [3.05, 3.63) is 64.7 Å². The molecule has 2 N–H and O–H groups in total. The second-order valence-corrected chi connectivity index (χ2v) is 10.6. The fraction of sp³-hybridized carbons (Fsp3) is 0.458. The van der Waals surface area contributed by atoms with Gasteiger partial charge < -0.3 is 24.8 Å². The van der Waals surface area contributed by atoms with Crippen molar-refractivity contribution in [3.63, 3.8) is 0 Å². The maximum absolute atomic E-state index is 12.4. The lowest BCUT2D eigenvalue weighted by Crippen LogP contribution is -2.43. The largest absolute Gasteiger partial charge is 0.489 e. The molecule has 0 radical (unpaired) electrons. The normalized spacial score (nSPS) is 16.9. The van der Waals surface area contributed by atoms with Crippen LogP contribution in [0.4, 0.5) is 4.79 Å². The second kappa shape index (κ2) is 12.5. The van der Waals surface area contributed by atoms with E-state index >= 15 is 0 Å². The Morgan fingerprint density at radius 3 is 2.51 bits per heavy atom. The van der Waals surface area contributed by atoms with Gasteiger partial charge in [0, 0.05) is 13.1 Å². The van der Waals surface area contributed by atoms with Crippen molar-refractivity contribution in [2.75, 3.05) is 33.0 Å². The SMILES string of the molecule is CN1CCC(Oc2ccc([C@@H](O)[C@@H](COS(C)(=O)=O)NC(=O)OCc3ccccc3)cc2Cl)CC1. The molecule has 1 fully saturated rings. The van der Waals surface area contributed by atoms with Crippen LogP contribution in [0.25, 0.3) is 0 Å². The van der Waals surface area contributed by atoms with E-state index in [0.29, 0.717) is 16.3 Å². The number of carbonyl (C=O) groups is 1. The van der Waals surface area contributed by atoms with Gasteiger partial charge in [-0.15, -0.1) is 0 Å². The lowest BCUT2D eigenvalue weighted by atomic mass is 10.0. The highest BCUT2D eigenvalue weighted by Crippen LogP contribution is 2.31. The molecular formula is C24H31ClN2O7S. The Balaban J connectivity index is 1.66. The molecule has 2 aromatic carbocycles. The number of likely N-dealkylation sites (tertiary alicyclic amines) is 1. The number of alkyl carbamates (subject to hydrolysis) is 1. The number of aliphatic hydroxyl groups is 1. The Bertz CT molecular complexity index is 1080. The average Bonchev–Trinajstić information content (AvgIpc) is 2.82. The summed E-state index contributed by atoms with van der Waals surface area (Å²) in [6.45, 7) is 1.39. The number of piperidine rings is 1. The van der Waals surface area contributed by atoms with Crippen molar-refractivity contribution in [2.24, 2.45) is 0 Å². The van der Waals surface area contributed by atoms with Crippen LogP contribution in [0.1, 0.15) is 30.1 Å². The molecule has 35 heavy (non-hydrogen) atoms. The summed E-state index contributed by atoms with van der Waals surface area (Å²) in [5.41, 5.74) is 1.13. The summed E-state index contributed by atoms with van der Waals surface area (Å²) < 4.78 is 39.1. The minimum atomic E-state index is -3.81. The molecule has 1 aliphatic heterocycles. The van der Waals surface area contributed by atoms with Gasteiger partial charge in [-0.3, -0.25) is 4.18 Å². The molecule has 0 spiro atoms. The van der Waals surface area contributed by atoms with Gasteiger partial charge in [-0.05, 0) is 43.1 Å². The van der Waals surface area contributed by atoms with E-state index in [2.05, 4.69) is 17.3 Å². The van der Waals surface area contributed by atoms with Crippen LogP contribution in [0.5, 0.6) is 5.75 Å². The van der Waals surface area contributed by atoms with Crippen molar-refractivity contribution in [1.29, 1.82) is 0 Å². The quantitative estimate of drug-likeness (QED) is 0.454. The van der Waals surface area contributed by atoms with Gasteiger partial charge in [0.05, 0.1) is 23.9 Å². The van der Waals surface area contributed by atoms with Crippen LogP contribution in [0, 0.1) is 0 Å². The third-order valence-electron chi connectivity index (χ3n) is 5.62. The Kier molecular flexibility index (Phi) is 9.76. The number of hydrogen-bond acceptors (Lipinski definition) is 8. The predicted molar refractivity (Wildman–Crippen MR) is 132 cm³/mol. The van der Waals surface area contributed by atoms with Gasteiger partial charge in [0.1, 0.15) is 24.6 Å². The summed E-state index contributed by atoms with van der Waals surface area (Å²) in [5, 5.41) is 13.7. The van der Waals surface area contributed by atoms with Gasteiger partial charge in [-0.2, -0.15) is 8.42 Å². The summed E-state index contributed by atoms with van der Waals surface area (Å²) in [6, 6.07) is 12.7. The zero-order valence-electron chi connectivity index (χ0n) is 19.7. The van der Waals surface area contributed by atoms with Gasteiger partial charge in [0.25, 0.3) is 10.1 Å². The van der Waals surface area contributed by atoms with E-state index in [4.69, 9.17) is 25.3 Å². The summed E-state index contributed by atoms with van der Waals surface area (Å²) in [5.74, 6) is 0.497. The third-order valence-corrected chi connectivity index (χ3v) is 6.48. The number of hydrogen-bond donors (Lipinski definition) is 2. The van der Waals surface area contributed by atoms with Crippen LogP contribution < -0.4 is 10.1 Å². The summed E-state index contributed by atoms with van der Waals surface area (Å²) in [4.78, 5) is 14.6. The zero-order valence-corrected chi connectivity index (χ0v) is 21.3. The van der Waals surface area contributed by atoms with E-state index < -0.39 is 35.0 Å². The second-order valence-electron chi connectivity index (χ2n) is 8.56. The smallest absolute Gasteiger partial charge is 0.407 e. The van der Waals surface area contributed by atoms with Gasteiger partial charge in [0.2, 0.25) is 0 Å². The topological polar surface area (TPSA) is 114 Å². The fourth-order valence-corrected chi connectivity index (χ4v) is 4.26. The van der Waals surface area contributed by atoms with Gasteiger partial charge in [-0.25, -0.2) is 4.79 Å². The van der Waals surface area contributed by atoms with Crippen molar-refractivity contribution in [1.82, 2.24) is 10.2 Å². The molecule has 0 bridgehead atoms. The van der Waals surface area contributed by atoms with E-state index in [1.165, 1.54) is 6.07 Å². The summed E-state index contributed by atoms with van der Waals surface area (Å²) in [6.07, 6.45) is 0.556. The molecule has 9 nitrogen and oxygen atoms in total. The molecule has 1 saturated heterocycles. The maximum atomic E-state index is 12.4. The molecule has 192 valence electrons. The van der Waals surface area contributed by atoms with Crippen molar-refractivity contribution >= 4 is 27.8 Å². The van der Waals surface area contributed by atoms with Crippen LogP contribution in [-0.2, 0) is 25.6 Å². The number of ether oxygens (including phenoxy) is 2. The number of nitrogens with one attached hydrogen (secondary N) is 1. The molecule has 3 rings (SSSR count). The van der Waals surface area contributed by atoms with Crippen molar-refractivity contribution < 1.29 is 32.0 Å². The first kappa shape index (κ1) is 27.2. The number of aliphatic hydroxyl groups excluding tert-OH is 1. The van der Waals surface area contributed by atoms with E-state index in [-0.39, 0.29) is 12.7 Å². The highest BCUT2D eigenvalue weighted by atomic mass is 35.5. The first-order valence-corrected chi connectivity index (χ1v) is 13.4. The number of carbonyl (C=O) groups excluding carboxylic acids is 1. The highest BCUT2D eigenvalue weighted by Gasteiger charge is 2.27. The monoisotopic (exact) mass is 526 g/mol. The standard InChI is InChI=1S/C24H31ClN2O7S/c1-27-12-10-19(11-13-27)34-22-9-8-18(14-20(22)25)23(28)21(16-33-35(2,30)31)26-24(29)32-15-17-6-4-3-5-7-17/h3-9,14,19,21,23,28H,10-13,15-16H2,1-2H3,(H,26,29)/t21-,23-/m1/s1. The van der Waals surface area contributed by atoms with Gasteiger partial charge in [0.15, 0.2) is 0 Å². The average molecular weight is 527 g/mol. The van der Waals surface area contributed by atoms with Crippen molar-refractivity contribution in [3.8, 4) is 5.75 Å². The van der Waals surface area contributed by atoms with Crippen molar-refractivity contribution in [2.45, 2.75) is 37.7 Å². The molecule has 11 heteroatoms. The summed E-state index contributed by atoms with van der Waals surface area (Å²) in [7, 11) is -1.75. The van der Waals surface area contributed by atoms with Gasteiger partial charge >= 0.3 is 6.09 Å². The Hall–Kier alpha value is -2.37. The van der Waals surface area contributed by atoms with Crippen LogP contribution in [-0.4, -0.2) is 69.7 Å². The highest BCUT2D eigenvalue weighted by molar-refractivity contribution is 7.85. The number of rotatable bonds is 10. The molecule has 0 saturated carbocycles. The lowest BCUT2D eigenvalue weighted by molar-refractivity contribution is 0.0827. The van der Waals surface area contributed by atoms with Crippen LogP contribution in [0.2, 0.25) is 5.02 Å². The Morgan fingerprint density at radius 1 is 1.20 bits per heavy atom. The fourth-order valence-electron chi connectivity index (χ4n) is 3.64. The molecule has 1 aliphatic rings. The number of nitrogens with zero attached hydrogens (tertiary/aromatic N) is 1. The maximum Gasteiger partial charge on any atom is 0.407 e. The molecule has 0 unspecified atom stereocenters. The zero-order chi connectivity index (χ0) is 25.4.